The molecular formula is C12H15Cl2NO2. The van der Waals surface area contributed by atoms with Crippen molar-refractivity contribution in [2.24, 2.45) is 7.05 Å². The monoisotopic (exact) mass is 275 g/mol. The van der Waals surface area contributed by atoms with E-state index in [0.717, 1.165) is 16.8 Å². The maximum absolute atomic E-state index is 10.8. The Kier molecular flexibility index (Phi) is 6.69. The predicted octanol–water partition coefficient (Wildman–Crippen LogP) is 3.54. The minimum atomic E-state index is -0.878. The van der Waals surface area contributed by atoms with Crippen molar-refractivity contribution >= 4 is 40.9 Å². The van der Waals surface area contributed by atoms with E-state index in [2.05, 4.69) is 0 Å². The summed E-state index contributed by atoms with van der Waals surface area (Å²) in [7, 11) is 1.84. The van der Waals surface area contributed by atoms with Gasteiger partial charge in [-0.25, -0.2) is 4.79 Å². The van der Waals surface area contributed by atoms with Crippen LogP contribution in [0.5, 0.6) is 0 Å². The quantitative estimate of drug-likeness (QED) is 0.809. The second-order valence-corrected chi connectivity index (χ2v) is 3.78. The number of benzene rings is 1. The van der Waals surface area contributed by atoms with E-state index in [4.69, 9.17) is 16.7 Å². The summed E-state index contributed by atoms with van der Waals surface area (Å²) in [6, 6.07) is 7.46. The van der Waals surface area contributed by atoms with Gasteiger partial charge >= 0.3 is 5.97 Å². The second-order valence-electron chi connectivity index (χ2n) is 3.24. The Bertz CT molecular complexity index is 494. The lowest BCUT2D eigenvalue weighted by Gasteiger charge is -1.92. The first-order valence-corrected chi connectivity index (χ1v) is 5.48. The number of aryl methyl sites for hydroxylation is 1. The molecule has 0 fully saturated rings. The molecule has 0 aliphatic rings. The van der Waals surface area contributed by atoms with Gasteiger partial charge in [0.1, 0.15) is 0 Å². The number of alkyl halides is 1. The van der Waals surface area contributed by atoms with Crippen LogP contribution in [-0.4, -0.2) is 21.5 Å². The number of para-hydroxylation sites is 1. The van der Waals surface area contributed by atoms with Gasteiger partial charge in [-0.2, -0.15) is 0 Å². The van der Waals surface area contributed by atoms with Crippen LogP contribution in [0, 0.1) is 0 Å². The van der Waals surface area contributed by atoms with Gasteiger partial charge in [0, 0.05) is 30.0 Å². The number of carboxylic acids is 1. The third kappa shape index (κ3) is 3.65. The summed E-state index contributed by atoms with van der Waals surface area (Å²) in [6.45, 7) is 1.89. The number of carbonyl (C=O) groups is 1. The first-order valence-electron chi connectivity index (χ1n) is 4.95. The van der Waals surface area contributed by atoms with Crippen LogP contribution in [0.25, 0.3) is 10.9 Å². The molecule has 0 aliphatic heterocycles. The van der Waals surface area contributed by atoms with Crippen molar-refractivity contribution in [2.45, 2.75) is 6.92 Å². The number of halogens is 2. The van der Waals surface area contributed by atoms with Crippen molar-refractivity contribution in [3.05, 3.63) is 36.0 Å². The SMILES string of the molecule is CCCl.Cl.Cn1cc(C(=O)O)c2ccccc21. The molecule has 0 spiro atoms. The average Bonchev–Trinajstić information content (AvgIpc) is 2.58. The zero-order valence-corrected chi connectivity index (χ0v) is 11.3. The average molecular weight is 276 g/mol. The van der Waals surface area contributed by atoms with E-state index in [1.54, 1.807) is 6.20 Å². The fraction of sp³-hybridized carbons (Fsp3) is 0.250. The molecule has 1 aromatic carbocycles. The van der Waals surface area contributed by atoms with Crippen molar-refractivity contribution in [2.75, 3.05) is 5.88 Å². The molecule has 1 heterocycles. The largest absolute Gasteiger partial charge is 0.478 e. The number of hydrogen-bond donors (Lipinski definition) is 1. The van der Waals surface area contributed by atoms with Gasteiger partial charge in [0.2, 0.25) is 0 Å². The third-order valence-electron chi connectivity index (χ3n) is 2.13. The Morgan fingerprint density at radius 3 is 2.47 bits per heavy atom. The summed E-state index contributed by atoms with van der Waals surface area (Å²) in [4.78, 5) is 10.8. The number of carboxylic acid groups (broad SMARTS) is 1. The molecule has 1 N–H and O–H groups in total. The minimum absolute atomic E-state index is 0. The van der Waals surface area contributed by atoms with Crippen LogP contribution in [0.3, 0.4) is 0 Å². The van der Waals surface area contributed by atoms with Crippen LogP contribution in [0.1, 0.15) is 17.3 Å². The molecule has 0 radical (unpaired) electrons. The number of rotatable bonds is 1. The number of nitrogens with zero attached hydrogens (tertiary/aromatic N) is 1. The van der Waals surface area contributed by atoms with Crippen LogP contribution >= 0.6 is 24.0 Å². The number of fused-ring (bicyclic) bond motifs is 1. The molecule has 0 saturated carbocycles. The van der Waals surface area contributed by atoms with Crippen LogP contribution in [0.2, 0.25) is 0 Å². The fourth-order valence-electron chi connectivity index (χ4n) is 1.51. The minimum Gasteiger partial charge on any atom is -0.478 e. The summed E-state index contributed by atoms with van der Waals surface area (Å²) in [5.74, 6) is -0.156. The molecule has 0 bridgehead atoms. The molecule has 0 amide bonds. The molecule has 0 unspecified atom stereocenters. The van der Waals surface area contributed by atoms with Gasteiger partial charge in [-0.1, -0.05) is 25.1 Å². The fourth-order valence-corrected chi connectivity index (χ4v) is 1.51. The molecule has 2 rings (SSSR count). The van der Waals surface area contributed by atoms with E-state index in [0.29, 0.717) is 5.56 Å². The van der Waals surface area contributed by atoms with Crippen molar-refractivity contribution in [1.82, 2.24) is 4.57 Å². The highest BCUT2D eigenvalue weighted by atomic mass is 35.5. The predicted molar refractivity (Wildman–Crippen MR) is 73.5 cm³/mol. The standard InChI is InChI=1S/C10H9NO2.C2H5Cl.ClH/c1-11-6-8(10(12)13)7-4-2-3-5-9(7)11;1-2-3;/h2-6H,1H3,(H,12,13);2H2,1H3;1H. The molecular weight excluding hydrogens is 261 g/mol. The lowest BCUT2D eigenvalue weighted by molar-refractivity contribution is 0.0699. The van der Waals surface area contributed by atoms with Crippen LogP contribution in [-0.2, 0) is 7.05 Å². The highest BCUT2D eigenvalue weighted by molar-refractivity contribution is 6.17. The summed E-state index contributed by atoms with van der Waals surface area (Å²) in [6.07, 6.45) is 1.63. The lowest BCUT2D eigenvalue weighted by Crippen LogP contribution is -1.93. The maximum Gasteiger partial charge on any atom is 0.337 e. The zero-order valence-electron chi connectivity index (χ0n) is 9.68. The van der Waals surface area contributed by atoms with E-state index in [1.807, 2.05) is 42.8 Å². The Balaban J connectivity index is 0.000000583. The summed E-state index contributed by atoms with van der Waals surface area (Å²) in [5.41, 5.74) is 1.30. The van der Waals surface area contributed by atoms with Gasteiger partial charge in [-0.05, 0) is 6.07 Å². The van der Waals surface area contributed by atoms with E-state index in [-0.39, 0.29) is 12.4 Å². The smallest absolute Gasteiger partial charge is 0.337 e. The molecule has 0 saturated heterocycles. The van der Waals surface area contributed by atoms with E-state index in [9.17, 15) is 4.79 Å². The Morgan fingerprint density at radius 1 is 1.41 bits per heavy atom. The molecule has 94 valence electrons. The van der Waals surface area contributed by atoms with Gasteiger partial charge in [-0.3, -0.25) is 0 Å². The molecule has 5 heteroatoms. The Morgan fingerprint density at radius 2 is 1.94 bits per heavy atom. The molecule has 0 aliphatic carbocycles. The van der Waals surface area contributed by atoms with Crippen molar-refractivity contribution < 1.29 is 9.90 Å². The highest BCUT2D eigenvalue weighted by Crippen LogP contribution is 2.19. The van der Waals surface area contributed by atoms with Gasteiger partial charge < -0.3 is 9.67 Å². The normalized spacial score (nSPS) is 9.12. The van der Waals surface area contributed by atoms with Crippen molar-refractivity contribution in [3.8, 4) is 0 Å². The van der Waals surface area contributed by atoms with Crippen LogP contribution < -0.4 is 0 Å². The van der Waals surface area contributed by atoms with Crippen molar-refractivity contribution in [1.29, 1.82) is 0 Å². The number of aromatic carboxylic acids is 1. The number of aromatic nitrogens is 1. The zero-order chi connectivity index (χ0) is 12.1. The molecule has 3 nitrogen and oxygen atoms in total. The van der Waals surface area contributed by atoms with Gasteiger partial charge in [0.15, 0.2) is 0 Å². The first-order chi connectivity index (χ1) is 7.61. The van der Waals surface area contributed by atoms with E-state index >= 15 is 0 Å². The summed E-state index contributed by atoms with van der Waals surface area (Å²) >= 11 is 5.00. The molecule has 17 heavy (non-hydrogen) atoms. The molecule has 0 atom stereocenters. The highest BCUT2D eigenvalue weighted by Gasteiger charge is 2.10. The Hall–Kier alpha value is -1.19. The summed E-state index contributed by atoms with van der Waals surface area (Å²) < 4.78 is 1.82. The van der Waals surface area contributed by atoms with E-state index in [1.165, 1.54) is 0 Å². The third-order valence-corrected chi connectivity index (χ3v) is 2.13. The van der Waals surface area contributed by atoms with Crippen LogP contribution in [0.15, 0.2) is 30.5 Å². The van der Waals surface area contributed by atoms with Crippen LogP contribution in [0.4, 0.5) is 0 Å². The topological polar surface area (TPSA) is 42.2 Å². The van der Waals surface area contributed by atoms with E-state index < -0.39 is 5.97 Å². The number of hydrogen-bond acceptors (Lipinski definition) is 1. The Labute approximate surface area is 111 Å². The van der Waals surface area contributed by atoms with Gasteiger partial charge in [-0.15, -0.1) is 24.0 Å². The molecule has 2 aromatic rings. The van der Waals surface area contributed by atoms with Gasteiger partial charge in [0.05, 0.1) is 5.56 Å². The molecule has 1 aromatic heterocycles. The lowest BCUT2D eigenvalue weighted by atomic mass is 10.2. The van der Waals surface area contributed by atoms with Gasteiger partial charge in [0.25, 0.3) is 0 Å². The summed E-state index contributed by atoms with van der Waals surface area (Å²) in [5, 5.41) is 9.67. The first kappa shape index (κ1) is 15.8. The maximum atomic E-state index is 10.8. The second kappa shape index (κ2) is 7.20. The van der Waals surface area contributed by atoms with Crippen molar-refractivity contribution in [3.63, 3.8) is 0 Å².